The average molecular weight is 480 g/mol. The topological polar surface area (TPSA) is 58.4 Å². The molecule has 3 rings (SSSR count). The highest BCUT2D eigenvalue weighted by Crippen LogP contribution is 2.30. The zero-order valence-electron chi connectivity index (χ0n) is 18.3. The molecule has 0 radical (unpaired) electrons. The highest BCUT2D eigenvalue weighted by atomic mass is 35.5. The molecule has 33 heavy (non-hydrogen) atoms. The molecule has 0 saturated carbocycles. The zero-order valence-corrected chi connectivity index (χ0v) is 19.1. The van der Waals surface area contributed by atoms with Crippen LogP contribution in [0.15, 0.2) is 59.2 Å². The third kappa shape index (κ3) is 7.33. The number of aromatic nitrogens is 1. The minimum atomic E-state index is -4.43. The van der Waals surface area contributed by atoms with Crippen LogP contribution in [-0.2, 0) is 25.8 Å². The van der Waals surface area contributed by atoms with E-state index in [0.29, 0.717) is 29.6 Å². The molecule has 176 valence electrons. The molecule has 9 heteroatoms. The summed E-state index contributed by atoms with van der Waals surface area (Å²) in [6.07, 6.45) is -3.15. The number of nitrogens with one attached hydrogen (secondary N) is 1. The fourth-order valence-electron chi connectivity index (χ4n) is 3.21. The summed E-state index contributed by atoms with van der Waals surface area (Å²) < 4.78 is 44.9. The van der Waals surface area contributed by atoms with Gasteiger partial charge >= 0.3 is 6.18 Å². The number of alkyl halides is 3. The molecule has 1 amide bonds. The molecule has 0 spiro atoms. The van der Waals surface area contributed by atoms with Crippen LogP contribution in [0, 0.1) is 5.92 Å². The number of halogens is 4. The van der Waals surface area contributed by atoms with Crippen molar-refractivity contribution in [2.75, 3.05) is 6.54 Å². The van der Waals surface area contributed by atoms with Gasteiger partial charge in [-0.3, -0.25) is 9.69 Å². The number of rotatable bonds is 9. The third-order valence-corrected chi connectivity index (χ3v) is 5.20. The standard InChI is InChI=1S/C24H25ClF3N3O2/c1-16(2)11-29-23(32)21-15-33-22(30-21)14-31(13-18-7-3-4-9-20(18)25)12-17-6-5-8-19(10-17)24(26,27)28/h3-10,15-16H,11-14H2,1-2H3,(H,29,32). The second-order valence-electron chi connectivity index (χ2n) is 8.17. The molecule has 0 saturated heterocycles. The van der Waals surface area contributed by atoms with Crippen LogP contribution < -0.4 is 5.32 Å². The van der Waals surface area contributed by atoms with Crippen molar-refractivity contribution in [3.63, 3.8) is 0 Å². The van der Waals surface area contributed by atoms with Gasteiger partial charge in [0.1, 0.15) is 6.26 Å². The van der Waals surface area contributed by atoms with Crippen molar-refractivity contribution in [2.24, 2.45) is 5.92 Å². The quantitative estimate of drug-likeness (QED) is 0.413. The summed E-state index contributed by atoms with van der Waals surface area (Å²) in [6.45, 7) is 5.21. The third-order valence-electron chi connectivity index (χ3n) is 4.83. The van der Waals surface area contributed by atoms with Gasteiger partial charge in [-0.15, -0.1) is 0 Å². The van der Waals surface area contributed by atoms with E-state index in [4.69, 9.17) is 16.0 Å². The maximum atomic E-state index is 13.1. The van der Waals surface area contributed by atoms with E-state index in [9.17, 15) is 18.0 Å². The second-order valence-corrected chi connectivity index (χ2v) is 8.57. The Balaban J connectivity index is 1.80. The molecule has 0 aliphatic rings. The van der Waals surface area contributed by atoms with Crippen molar-refractivity contribution >= 4 is 17.5 Å². The van der Waals surface area contributed by atoms with Crippen LogP contribution >= 0.6 is 11.6 Å². The van der Waals surface area contributed by atoms with E-state index in [1.807, 2.05) is 30.9 Å². The number of hydrogen-bond donors (Lipinski definition) is 1. The lowest BCUT2D eigenvalue weighted by atomic mass is 10.1. The van der Waals surface area contributed by atoms with Gasteiger partial charge in [-0.05, 0) is 29.2 Å². The Morgan fingerprint density at radius 2 is 1.88 bits per heavy atom. The van der Waals surface area contributed by atoms with Gasteiger partial charge in [0, 0.05) is 24.7 Å². The van der Waals surface area contributed by atoms with Crippen molar-refractivity contribution < 1.29 is 22.4 Å². The lowest BCUT2D eigenvalue weighted by Crippen LogP contribution is -2.27. The molecule has 1 heterocycles. The fourth-order valence-corrected chi connectivity index (χ4v) is 3.40. The maximum Gasteiger partial charge on any atom is 0.416 e. The number of oxazole rings is 1. The number of carbonyl (C=O) groups excluding carboxylic acids is 1. The van der Waals surface area contributed by atoms with Crippen molar-refractivity contribution in [3.8, 4) is 0 Å². The predicted molar refractivity (Wildman–Crippen MR) is 120 cm³/mol. The summed E-state index contributed by atoms with van der Waals surface area (Å²) in [6, 6.07) is 12.4. The summed E-state index contributed by atoms with van der Waals surface area (Å²) in [4.78, 5) is 18.4. The lowest BCUT2D eigenvalue weighted by molar-refractivity contribution is -0.137. The number of carbonyl (C=O) groups is 1. The second kappa shape index (κ2) is 10.9. The Labute approximate surface area is 195 Å². The van der Waals surface area contributed by atoms with E-state index in [2.05, 4.69) is 10.3 Å². The highest BCUT2D eigenvalue weighted by molar-refractivity contribution is 6.31. The van der Waals surface area contributed by atoms with Gasteiger partial charge in [0.05, 0.1) is 12.1 Å². The number of benzene rings is 2. The molecule has 0 unspecified atom stereocenters. The fraction of sp³-hybridized carbons (Fsp3) is 0.333. The lowest BCUT2D eigenvalue weighted by Gasteiger charge is -2.22. The predicted octanol–water partition coefficient (Wildman–Crippen LogP) is 5.94. The summed E-state index contributed by atoms with van der Waals surface area (Å²) in [5, 5.41) is 3.32. The number of hydrogen-bond acceptors (Lipinski definition) is 4. The van der Waals surface area contributed by atoms with Crippen molar-refractivity contribution in [2.45, 2.75) is 39.7 Å². The first kappa shape index (κ1) is 24.8. The van der Waals surface area contributed by atoms with Crippen LogP contribution in [0.1, 0.15) is 46.9 Å². The maximum absolute atomic E-state index is 13.1. The van der Waals surface area contributed by atoms with E-state index < -0.39 is 11.7 Å². The largest absolute Gasteiger partial charge is 0.447 e. The van der Waals surface area contributed by atoms with E-state index in [1.54, 1.807) is 18.2 Å². The van der Waals surface area contributed by atoms with Crippen molar-refractivity contribution in [3.05, 3.63) is 88.1 Å². The van der Waals surface area contributed by atoms with E-state index in [1.165, 1.54) is 12.3 Å². The molecule has 0 bridgehead atoms. The van der Waals surface area contributed by atoms with Gasteiger partial charge in [0.25, 0.3) is 5.91 Å². The minimum Gasteiger partial charge on any atom is -0.447 e. The van der Waals surface area contributed by atoms with Crippen LogP contribution in [0.4, 0.5) is 13.2 Å². The Bertz CT molecular complexity index is 1080. The smallest absolute Gasteiger partial charge is 0.416 e. The molecule has 0 atom stereocenters. The van der Waals surface area contributed by atoms with E-state index in [-0.39, 0.29) is 30.6 Å². The Hall–Kier alpha value is -2.84. The average Bonchev–Trinajstić information content (AvgIpc) is 3.22. The first-order chi connectivity index (χ1) is 15.6. The minimum absolute atomic E-state index is 0.155. The number of nitrogens with zero attached hydrogens (tertiary/aromatic N) is 2. The van der Waals surface area contributed by atoms with Crippen LogP contribution in [0.3, 0.4) is 0 Å². The molecule has 5 nitrogen and oxygen atoms in total. The Kier molecular flexibility index (Phi) is 8.15. The molecule has 0 aliphatic carbocycles. The first-order valence-corrected chi connectivity index (χ1v) is 10.8. The summed E-state index contributed by atoms with van der Waals surface area (Å²) >= 11 is 6.30. The van der Waals surface area contributed by atoms with Gasteiger partial charge in [-0.1, -0.05) is 61.8 Å². The summed E-state index contributed by atoms with van der Waals surface area (Å²) in [5.41, 5.74) is 0.742. The van der Waals surface area contributed by atoms with Crippen LogP contribution in [0.5, 0.6) is 0 Å². The van der Waals surface area contributed by atoms with Crippen LogP contribution in [0.2, 0.25) is 5.02 Å². The SMILES string of the molecule is CC(C)CNC(=O)c1coc(CN(Cc2cccc(C(F)(F)F)c2)Cc2ccccc2Cl)n1. The highest BCUT2D eigenvalue weighted by Gasteiger charge is 2.30. The van der Waals surface area contributed by atoms with E-state index >= 15 is 0 Å². The summed E-state index contributed by atoms with van der Waals surface area (Å²) in [5.74, 6) is 0.233. The molecule has 2 aromatic carbocycles. The normalized spacial score (nSPS) is 11.9. The van der Waals surface area contributed by atoms with Crippen LogP contribution in [0.25, 0.3) is 0 Å². The Morgan fingerprint density at radius 1 is 1.12 bits per heavy atom. The van der Waals surface area contributed by atoms with Crippen molar-refractivity contribution in [1.29, 1.82) is 0 Å². The van der Waals surface area contributed by atoms with Gasteiger partial charge in [0.2, 0.25) is 5.89 Å². The Morgan fingerprint density at radius 3 is 2.58 bits per heavy atom. The number of amides is 1. The summed E-state index contributed by atoms with van der Waals surface area (Å²) in [7, 11) is 0. The molecule has 3 aromatic rings. The molecular formula is C24H25ClF3N3O2. The van der Waals surface area contributed by atoms with Gasteiger partial charge in [-0.2, -0.15) is 13.2 Å². The van der Waals surface area contributed by atoms with Crippen LogP contribution in [-0.4, -0.2) is 22.3 Å². The first-order valence-electron chi connectivity index (χ1n) is 10.5. The molecular weight excluding hydrogens is 455 g/mol. The molecule has 1 N–H and O–H groups in total. The van der Waals surface area contributed by atoms with Gasteiger partial charge in [-0.25, -0.2) is 4.98 Å². The molecule has 1 aromatic heterocycles. The monoisotopic (exact) mass is 479 g/mol. The van der Waals surface area contributed by atoms with E-state index in [0.717, 1.165) is 17.7 Å². The molecule has 0 aliphatic heterocycles. The van der Waals surface area contributed by atoms with Gasteiger partial charge < -0.3 is 9.73 Å². The van der Waals surface area contributed by atoms with Crippen molar-refractivity contribution in [1.82, 2.24) is 15.2 Å². The van der Waals surface area contributed by atoms with Gasteiger partial charge in [0.15, 0.2) is 5.69 Å². The molecule has 0 fully saturated rings. The zero-order chi connectivity index (χ0) is 24.0.